The van der Waals surface area contributed by atoms with Gasteiger partial charge in [0.2, 0.25) is 0 Å². The van der Waals surface area contributed by atoms with Gasteiger partial charge in [0, 0.05) is 15.7 Å². The van der Waals surface area contributed by atoms with Gasteiger partial charge in [-0.2, -0.15) is 0 Å². The SMILES string of the molecule is Clc1ccc(N=Cc2ccc(Br)cc2)cc1. The van der Waals surface area contributed by atoms with Gasteiger partial charge in [0.25, 0.3) is 0 Å². The Hall–Kier alpha value is -1.12. The van der Waals surface area contributed by atoms with Crippen molar-refractivity contribution in [2.75, 3.05) is 0 Å². The largest absolute Gasteiger partial charge is 0.256 e. The van der Waals surface area contributed by atoms with Crippen LogP contribution in [-0.4, -0.2) is 6.21 Å². The van der Waals surface area contributed by atoms with Gasteiger partial charge in [-0.05, 0) is 42.0 Å². The molecule has 0 saturated carbocycles. The summed E-state index contributed by atoms with van der Waals surface area (Å²) < 4.78 is 1.07. The predicted molar refractivity (Wildman–Crippen MR) is 72.8 cm³/mol. The summed E-state index contributed by atoms with van der Waals surface area (Å²) in [5.74, 6) is 0. The van der Waals surface area contributed by atoms with E-state index in [0.717, 1.165) is 20.7 Å². The molecule has 1 nitrogen and oxygen atoms in total. The molecule has 0 amide bonds. The molecule has 0 heterocycles. The van der Waals surface area contributed by atoms with Gasteiger partial charge in [0.05, 0.1) is 5.69 Å². The van der Waals surface area contributed by atoms with Crippen LogP contribution in [0.3, 0.4) is 0 Å². The zero-order valence-corrected chi connectivity index (χ0v) is 10.7. The third kappa shape index (κ3) is 3.19. The van der Waals surface area contributed by atoms with E-state index in [1.807, 2.05) is 54.7 Å². The maximum absolute atomic E-state index is 5.79. The van der Waals surface area contributed by atoms with Crippen LogP contribution in [-0.2, 0) is 0 Å². The molecule has 0 spiro atoms. The third-order valence-electron chi connectivity index (χ3n) is 2.06. The highest BCUT2D eigenvalue weighted by Crippen LogP contribution is 2.16. The van der Waals surface area contributed by atoms with Crippen molar-refractivity contribution < 1.29 is 0 Å². The Morgan fingerprint density at radius 3 is 2.19 bits per heavy atom. The molecule has 0 radical (unpaired) electrons. The Kier molecular flexibility index (Phi) is 3.75. The number of benzene rings is 2. The van der Waals surface area contributed by atoms with E-state index in [1.165, 1.54) is 0 Å². The molecule has 2 rings (SSSR count). The maximum Gasteiger partial charge on any atom is 0.0630 e. The lowest BCUT2D eigenvalue weighted by Gasteiger charge is -1.95. The number of rotatable bonds is 2. The monoisotopic (exact) mass is 293 g/mol. The van der Waals surface area contributed by atoms with Crippen molar-refractivity contribution in [2.24, 2.45) is 4.99 Å². The molecule has 2 aromatic carbocycles. The number of aliphatic imine (C=N–C) groups is 1. The second kappa shape index (κ2) is 5.28. The van der Waals surface area contributed by atoms with E-state index in [1.54, 1.807) is 0 Å². The molecule has 3 heteroatoms. The van der Waals surface area contributed by atoms with E-state index in [4.69, 9.17) is 11.6 Å². The first-order valence-electron chi connectivity index (χ1n) is 4.79. The lowest BCUT2D eigenvalue weighted by molar-refractivity contribution is 1.52. The van der Waals surface area contributed by atoms with Crippen LogP contribution < -0.4 is 0 Å². The average molecular weight is 295 g/mol. The fourth-order valence-electron chi connectivity index (χ4n) is 1.23. The normalized spacial score (nSPS) is 10.9. The molecule has 16 heavy (non-hydrogen) atoms. The summed E-state index contributed by atoms with van der Waals surface area (Å²) in [6.45, 7) is 0. The van der Waals surface area contributed by atoms with Gasteiger partial charge in [-0.15, -0.1) is 0 Å². The summed E-state index contributed by atoms with van der Waals surface area (Å²) in [6, 6.07) is 15.4. The standard InChI is InChI=1S/C13H9BrClN/c14-11-3-1-10(2-4-11)9-16-13-7-5-12(15)6-8-13/h1-9H. The Bertz CT molecular complexity index is 441. The second-order valence-corrected chi connectivity index (χ2v) is 4.64. The summed E-state index contributed by atoms with van der Waals surface area (Å²) in [7, 11) is 0. The van der Waals surface area contributed by atoms with Crippen molar-refractivity contribution >= 4 is 39.4 Å². The first-order chi connectivity index (χ1) is 7.74. The van der Waals surface area contributed by atoms with Gasteiger partial charge in [0.1, 0.15) is 0 Å². The average Bonchev–Trinajstić information content (AvgIpc) is 2.30. The summed E-state index contributed by atoms with van der Waals surface area (Å²) in [4.78, 5) is 4.35. The first-order valence-corrected chi connectivity index (χ1v) is 5.96. The van der Waals surface area contributed by atoms with Gasteiger partial charge >= 0.3 is 0 Å². The number of hydrogen-bond acceptors (Lipinski definition) is 1. The minimum atomic E-state index is 0.725. The van der Waals surface area contributed by atoms with E-state index in [2.05, 4.69) is 20.9 Å². The predicted octanol–water partition coefficient (Wildman–Crippen LogP) is 4.85. The molecule has 0 aliphatic heterocycles. The molecule has 0 bridgehead atoms. The van der Waals surface area contributed by atoms with Crippen LogP contribution in [0.5, 0.6) is 0 Å². The summed E-state index contributed by atoms with van der Waals surface area (Å²) in [5.41, 5.74) is 1.96. The van der Waals surface area contributed by atoms with Crippen LogP contribution in [0.4, 0.5) is 5.69 Å². The van der Waals surface area contributed by atoms with Gasteiger partial charge in [-0.1, -0.05) is 39.7 Å². The topological polar surface area (TPSA) is 12.4 Å². The Labute approximate surface area is 108 Å². The van der Waals surface area contributed by atoms with Gasteiger partial charge in [0.15, 0.2) is 0 Å². The minimum absolute atomic E-state index is 0.725. The van der Waals surface area contributed by atoms with Crippen molar-refractivity contribution in [3.05, 3.63) is 63.6 Å². The van der Waals surface area contributed by atoms with Crippen LogP contribution in [0.25, 0.3) is 0 Å². The fraction of sp³-hybridized carbons (Fsp3) is 0. The van der Waals surface area contributed by atoms with E-state index < -0.39 is 0 Å². The van der Waals surface area contributed by atoms with Crippen LogP contribution in [0.2, 0.25) is 5.02 Å². The molecular weight excluding hydrogens is 286 g/mol. The summed E-state index contributed by atoms with van der Waals surface area (Å²) >= 11 is 9.18. The third-order valence-corrected chi connectivity index (χ3v) is 2.84. The van der Waals surface area contributed by atoms with Gasteiger partial charge in [-0.25, -0.2) is 0 Å². The van der Waals surface area contributed by atoms with Gasteiger partial charge in [-0.3, -0.25) is 4.99 Å². The minimum Gasteiger partial charge on any atom is -0.256 e. The van der Waals surface area contributed by atoms with Crippen LogP contribution in [0.15, 0.2) is 58.0 Å². The van der Waals surface area contributed by atoms with E-state index in [0.29, 0.717) is 0 Å². The smallest absolute Gasteiger partial charge is 0.0630 e. The molecule has 0 unspecified atom stereocenters. The summed E-state index contributed by atoms with van der Waals surface area (Å²) in [5, 5.41) is 0.725. The van der Waals surface area contributed by atoms with Crippen LogP contribution in [0, 0.1) is 0 Å². The number of hydrogen-bond donors (Lipinski definition) is 0. The molecule has 0 aromatic heterocycles. The highest BCUT2D eigenvalue weighted by Gasteiger charge is 1.90. The van der Waals surface area contributed by atoms with E-state index >= 15 is 0 Å². The zero-order chi connectivity index (χ0) is 11.4. The quantitative estimate of drug-likeness (QED) is 0.702. The molecule has 0 aliphatic carbocycles. The molecule has 2 aromatic rings. The van der Waals surface area contributed by atoms with Gasteiger partial charge < -0.3 is 0 Å². The van der Waals surface area contributed by atoms with Crippen molar-refractivity contribution in [1.82, 2.24) is 0 Å². The fourth-order valence-corrected chi connectivity index (χ4v) is 1.62. The Balaban J connectivity index is 2.15. The highest BCUT2D eigenvalue weighted by atomic mass is 79.9. The molecule has 0 atom stereocenters. The molecular formula is C13H9BrClN. The molecule has 0 aliphatic rings. The van der Waals surface area contributed by atoms with Crippen molar-refractivity contribution in [1.29, 1.82) is 0 Å². The van der Waals surface area contributed by atoms with E-state index in [-0.39, 0.29) is 0 Å². The number of halogens is 2. The van der Waals surface area contributed by atoms with E-state index in [9.17, 15) is 0 Å². The first kappa shape index (κ1) is 11.4. The van der Waals surface area contributed by atoms with Crippen molar-refractivity contribution in [3.8, 4) is 0 Å². The molecule has 0 saturated heterocycles. The Morgan fingerprint density at radius 1 is 0.938 bits per heavy atom. The Morgan fingerprint density at radius 2 is 1.56 bits per heavy atom. The van der Waals surface area contributed by atoms with Crippen LogP contribution in [0.1, 0.15) is 5.56 Å². The molecule has 80 valence electrons. The highest BCUT2D eigenvalue weighted by molar-refractivity contribution is 9.10. The lowest BCUT2D eigenvalue weighted by Crippen LogP contribution is -1.78. The van der Waals surface area contributed by atoms with Crippen molar-refractivity contribution in [3.63, 3.8) is 0 Å². The molecule has 0 fully saturated rings. The molecule has 0 N–H and O–H groups in total. The summed E-state index contributed by atoms with van der Waals surface area (Å²) in [6.07, 6.45) is 1.83. The number of nitrogens with zero attached hydrogens (tertiary/aromatic N) is 1. The van der Waals surface area contributed by atoms with Crippen LogP contribution >= 0.6 is 27.5 Å². The van der Waals surface area contributed by atoms with Crippen molar-refractivity contribution in [2.45, 2.75) is 0 Å². The lowest BCUT2D eigenvalue weighted by atomic mass is 10.2. The maximum atomic E-state index is 5.79. The zero-order valence-electron chi connectivity index (χ0n) is 8.40. The second-order valence-electron chi connectivity index (χ2n) is 3.29.